The first-order chi connectivity index (χ1) is 6.79. The molecule has 0 aromatic rings. The first-order valence-corrected chi connectivity index (χ1v) is 4.98. The van der Waals surface area contributed by atoms with Gasteiger partial charge in [-0.2, -0.15) is 5.26 Å². The van der Waals surface area contributed by atoms with Crippen LogP contribution in [0.25, 0.3) is 0 Å². The van der Waals surface area contributed by atoms with E-state index in [1.807, 2.05) is 0 Å². The monoisotopic (exact) mass is 196 g/mol. The van der Waals surface area contributed by atoms with E-state index in [4.69, 9.17) is 10.00 Å². The predicted molar refractivity (Wildman–Crippen MR) is 51.5 cm³/mol. The van der Waals surface area contributed by atoms with Crippen molar-refractivity contribution in [2.75, 3.05) is 20.2 Å². The van der Waals surface area contributed by atoms with Crippen LogP contribution >= 0.6 is 0 Å². The summed E-state index contributed by atoms with van der Waals surface area (Å²) in [5, 5.41) is 8.49. The molecule has 0 aromatic carbocycles. The largest absolute Gasteiger partial charge is 0.468 e. The van der Waals surface area contributed by atoms with Gasteiger partial charge in [0.05, 0.1) is 13.2 Å². The molecule has 0 aliphatic carbocycles. The molecular weight excluding hydrogens is 180 g/mol. The van der Waals surface area contributed by atoms with E-state index in [9.17, 15) is 4.79 Å². The highest BCUT2D eigenvalue weighted by Crippen LogP contribution is 2.17. The molecule has 0 unspecified atom stereocenters. The number of likely N-dealkylation sites (tertiary alicyclic amines) is 1. The molecule has 1 fully saturated rings. The van der Waals surface area contributed by atoms with Gasteiger partial charge < -0.3 is 4.74 Å². The first kappa shape index (κ1) is 11.0. The predicted octanol–water partition coefficient (Wildman–Crippen LogP) is 0.928. The molecule has 14 heavy (non-hydrogen) atoms. The SMILES string of the molecule is COC(=O)[C@H]1CCCCN1CCC#N. The zero-order valence-corrected chi connectivity index (χ0v) is 8.53. The maximum Gasteiger partial charge on any atom is 0.323 e. The summed E-state index contributed by atoms with van der Waals surface area (Å²) in [6.07, 6.45) is 3.52. The number of hydrogen-bond donors (Lipinski definition) is 0. The summed E-state index contributed by atoms with van der Waals surface area (Å²) in [7, 11) is 1.42. The molecule has 0 radical (unpaired) electrons. The van der Waals surface area contributed by atoms with Crippen LogP contribution in [0.3, 0.4) is 0 Å². The van der Waals surface area contributed by atoms with Crippen molar-refractivity contribution in [1.29, 1.82) is 5.26 Å². The molecule has 1 heterocycles. The second kappa shape index (κ2) is 5.61. The summed E-state index contributed by atoms with van der Waals surface area (Å²) in [5.41, 5.74) is 0. The second-order valence-electron chi connectivity index (χ2n) is 3.48. The summed E-state index contributed by atoms with van der Waals surface area (Å²) in [5.74, 6) is -0.164. The van der Waals surface area contributed by atoms with Gasteiger partial charge in [0, 0.05) is 13.0 Å². The molecule has 4 heteroatoms. The first-order valence-electron chi connectivity index (χ1n) is 4.98. The second-order valence-corrected chi connectivity index (χ2v) is 3.48. The van der Waals surface area contributed by atoms with Gasteiger partial charge in [0.2, 0.25) is 0 Å². The normalized spacial score (nSPS) is 22.7. The third-order valence-corrected chi connectivity index (χ3v) is 2.60. The topological polar surface area (TPSA) is 53.3 Å². The summed E-state index contributed by atoms with van der Waals surface area (Å²) in [6.45, 7) is 1.58. The van der Waals surface area contributed by atoms with Gasteiger partial charge in [-0.25, -0.2) is 0 Å². The van der Waals surface area contributed by atoms with E-state index in [0.717, 1.165) is 25.8 Å². The van der Waals surface area contributed by atoms with Crippen molar-refractivity contribution in [1.82, 2.24) is 4.90 Å². The molecule has 1 aliphatic heterocycles. The third-order valence-electron chi connectivity index (χ3n) is 2.60. The maximum absolute atomic E-state index is 11.4. The average Bonchev–Trinajstić information content (AvgIpc) is 2.25. The Labute approximate surface area is 84.4 Å². The van der Waals surface area contributed by atoms with Gasteiger partial charge in [0.15, 0.2) is 0 Å². The quantitative estimate of drug-likeness (QED) is 0.630. The van der Waals surface area contributed by atoms with Crippen LogP contribution in [0.5, 0.6) is 0 Å². The number of hydrogen-bond acceptors (Lipinski definition) is 4. The number of ether oxygens (including phenoxy) is 1. The Kier molecular flexibility index (Phi) is 4.41. The number of esters is 1. The standard InChI is InChI=1S/C10H16N2O2/c1-14-10(13)9-5-2-3-7-12(9)8-4-6-11/h9H,2-5,7-8H2,1H3/t9-/m1/s1. The van der Waals surface area contributed by atoms with Crippen molar-refractivity contribution in [2.45, 2.75) is 31.7 Å². The Balaban J connectivity index is 2.50. The highest BCUT2D eigenvalue weighted by atomic mass is 16.5. The van der Waals surface area contributed by atoms with Gasteiger partial charge in [-0.3, -0.25) is 9.69 Å². The zero-order valence-electron chi connectivity index (χ0n) is 8.53. The number of piperidine rings is 1. The molecule has 0 bridgehead atoms. The van der Waals surface area contributed by atoms with Crippen LogP contribution < -0.4 is 0 Å². The molecule has 1 aliphatic rings. The molecule has 0 amide bonds. The smallest absolute Gasteiger partial charge is 0.323 e. The van der Waals surface area contributed by atoms with E-state index < -0.39 is 0 Å². The van der Waals surface area contributed by atoms with E-state index in [-0.39, 0.29) is 12.0 Å². The Morgan fingerprint density at radius 2 is 2.43 bits per heavy atom. The molecule has 1 rings (SSSR count). The van der Waals surface area contributed by atoms with Crippen molar-refractivity contribution >= 4 is 5.97 Å². The Hall–Kier alpha value is -1.08. The summed E-state index contributed by atoms with van der Waals surface area (Å²) >= 11 is 0. The fraction of sp³-hybridized carbons (Fsp3) is 0.800. The molecule has 78 valence electrons. The van der Waals surface area contributed by atoms with Gasteiger partial charge in [-0.1, -0.05) is 6.42 Å². The lowest BCUT2D eigenvalue weighted by atomic mass is 10.0. The number of nitriles is 1. The van der Waals surface area contributed by atoms with Crippen molar-refractivity contribution in [3.63, 3.8) is 0 Å². The van der Waals surface area contributed by atoms with Crippen LogP contribution in [-0.4, -0.2) is 37.1 Å². The van der Waals surface area contributed by atoms with E-state index >= 15 is 0 Å². The van der Waals surface area contributed by atoms with Crippen LogP contribution in [0, 0.1) is 11.3 Å². The maximum atomic E-state index is 11.4. The van der Waals surface area contributed by atoms with Crippen molar-refractivity contribution in [3.8, 4) is 6.07 Å². The summed E-state index contributed by atoms with van der Waals surface area (Å²) in [6, 6.07) is 1.98. The van der Waals surface area contributed by atoms with Crippen molar-refractivity contribution < 1.29 is 9.53 Å². The van der Waals surface area contributed by atoms with E-state index in [0.29, 0.717) is 13.0 Å². The third kappa shape index (κ3) is 2.71. The Bertz CT molecular complexity index is 235. The number of methoxy groups -OCH3 is 1. The minimum Gasteiger partial charge on any atom is -0.468 e. The lowest BCUT2D eigenvalue weighted by Gasteiger charge is -2.32. The van der Waals surface area contributed by atoms with E-state index in [2.05, 4.69) is 11.0 Å². The van der Waals surface area contributed by atoms with E-state index in [1.54, 1.807) is 0 Å². The van der Waals surface area contributed by atoms with Crippen LogP contribution in [0.4, 0.5) is 0 Å². The Morgan fingerprint density at radius 1 is 1.64 bits per heavy atom. The van der Waals surface area contributed by atoms with Crippen LogP contribution in [0.1, 0.15) is 25.7 Å². The van der Waals surface area contributed by atoms with Gasteiger partial charge in [0.25, 0.3) is 0 Å². The highest BCUT2D eigenvalue weighted by molar-refractivity contribution is 5.75. The van der Waals surface area contributed by atoms with Crippen LogP contribution in [-0.2, 0) is 9.53 Å². The summed E-state index contributed by atoms with van der Waals surface area (Å²) < 4.78 is 4.74. The minimum atomic E-state index is -0.164. The molecule has 1 saturated heterocycles. The van der Waals surface area contributed by atoms with Gasteiger partial charge >= 0.3 is 5.97 Å². The summed E-state index contributed by atoms with van der Waals surface area (Å²) in [4.78, 5) is 13.4. The number of carbonyl (C=O) groups excluding carboxylic acids is 1. The molecule has 0 aromatic heterocycles. The zero-order chi connectivity index (χ0) is 10.4. The minimum absolute atomic E-state index is 0.123. The molecule has 0 spiro atoms. The molecular formula is C10H16N2O2. The number of nitrogens with zero attached hydrogens (tertiary/aromatic N) is 2. The Morgan fingerprint density at radius 3 is 3.07 bits per heavy atom. The lowest BCUT2D eigenvalue weighted by molar-refractivity contribution is -0.148. The van der Waals surface area contributed by atoms with Crippen LogP contribution in [0.2, 0.25) is 0 Å². The van der Waals surface area contributed by atoms with Crippen LogP contribution in [0.15, 0.2) is 0 Å². The number of carbonyl (C=O) groups is 1. The molecule has 0 N–H and O–H groups in total. The van der Waals surface area contributed by atoms with Gasteiger partial charge in [-0.15, -0.1) is 0 Å². The fourth-order valence-corrected chi connectivity index (χ4v) is 1.86. The molecule has 0 saturated carbocycles. The van der Waals surface area contributed by atoms with E-state index in [1.165, 1.54) is 7.11 Å². The van der Waals surface area contributed by atoms with Gasteiger partial charge in [0.1, 0.15) is 6.04 Å². The van der Waals surface area contributed by atoms with Gasteiger partial charge in [-0.05, 0) is 19.4 Å². The van der Waals surface area contributed by atoms with Crippen molar-refractivity contribution in [2.24, 2.45) is 0 Å². The fourth-order valence-electron chi connectivity index (χ4n) is 1.86. The lowest BCUT2D eigenvalue weighted by Crippen LogP contribution is -2.45. The number of rotatable bonds is 3. The average molecular weight is 196 g/mol. The van der Waals surface area contributed by atoms with Crippen molar-refractivity contribution in [3.05, 3.63) is 0 Å². The molecule has 4 nitrogen and oxygen atoms in total. The highest BCUT2D eigenvalue weighted by Gasteiger charge is 2.28. The molecule has 1 atom stereocenters.